The number of aromatic amines is 1. The van der Waals surface area contributed by atoms with E-state index in [0.717, 1.165) is 5.56 Å². The third kappa shape index (κ3) is 5.82. The molecule has 0 unspecified atom stereocenters. The van der Waals surface area contributed by atoms with Crippen LogP contribution in [0, 0.1) is 0 Å². The summed E-state index contributed by atoms with van der Waals surface area (Å²) in [5.41, 5.74) is 0.0990. The molecule has 0 radical (unpaired) electrons. The van der Waals surface area contributed by atoms with E-state index in [1.165, 1.54) is 16.8 Å². The van der Waals surface area contributed by atoms with Gasteiger partial charge < -0.3 is 14.6 Å². The fraction of sp³-hybridized carbons (Fsp3) is 0.312. The Bertz CT molecular complexity index is 737. The van der Waals surface area contributed by atoms with Gasteiger partial charge in [-0.2, -0.15) is 0 Å². The summed E-state index contributed by atoms with van der Waals surface area (Å²) in [6.45, 7) is 1.18. The molecule has 2 N–H and O–H groups in total. The molecule has 1 heterocycles. The van der Waals surface area contributed by atoms with Crippen LogP contribution in [-0.2, 0) is 17.9 Å². The fourth-order valence-electron chi connectivity index (χ4n) is 1.99. The zero-order chi connectivity index (χ0) is 16.5. The minimum Gasteiger partial charge on any atom is -0.445 e. The number of nitrogens with one attached hydrogen (secondary N) is 2. The van der Waals surface area contributed by atoms with Crippen LogP contribution in [0.4, 0.5) is 4.79 Å². The standard InChI is InChI=1S/C16H19N3O4/c20-14-8-11-19(15(21)18-14)10-5-4-9-17-16(22)23-12-13-6-2-1-3-7-13/h1-3,6-8,11H,4-5,9-10,12H2,(H,17,22)(H,18,20,21). The number of nitrogens with zero attached hydrogens (tertiary/aromatic N) is 1. The SMILES string of the molecule is O=C(NCCCCn1ccc(=O)[nH]c1=O)OCc1ccccc1. The first-order chi connectivity index (χ1) is 11.1. The molecule has 2 rings (SSSR count). The molecule has 0 atom stereocenters. The molecule has 1 amide bonds. The number of H-pyrrole nitrogens is 1. The van der Waals surface area contributed by atoms with E-state index in [1.54, 1.807) is 0 Å². The van der Waals surface area contributed by atoms with E-state index in [1.807, 2.05) is 30.3 Å². The van der Waals surface area contributed by atoms with Gasteiger partial charge in [0.15, 0.2) is 0 Å². The lowest BCUT2D eigenvalue weighted by atomic mass is 10.2. The molecule has 0 saturated carbocycles. The van der Waals surface area contributed by atoms with Crippen molar-refractivity contribution < 1.29 is 9.53 Å². The van der Waals surface area contributed by atoms with Crippen molar-refractivity contribution in [2.45, 2.75) is 26.0 Å². The highest BCUT2D eigenvalue weighted by atomic mass is 16.5. The number of hydrogen-bond donors (Lipinski definition) is 2. The van der Waals surface area contributed by atoms with Crippen LogP contribution >= 0.6 is 0 Å². The van der Waals surface area contributed by atoms with Gasteiger partial charge in [0.2, 0.25) is 0 Å². The van der Waals surface area contributed by atoms with Crippen LogP contribution in [0.2, 0.25) is 0 Å². The molecule has 2 aromatic rings. The van der Waals surface area contributed by atoms with E-state index in [2.05, 4.69) is 10.3 Å². The third-order valence-electron chi connectivity index (χ3n) is 3.20. The number of ether oxygens (including phenoxy) is 1. The van der Waals surface area contributed by atoms with Crippen LogP contribution in [0.1, 0.15) is 18.4 Å². The Morgan fingerprint density at radius 3 is 2.65 bits per heavy atom. The Kier molecular flexibility index (Phi) is 6.17. The average Bonchev–Trinajstić information content (AvgIpc) is 2.55. The van der Waals surface area contributed by atoms with Gasteiger partial charge in [-0.25, -0.2) is 9.59 Å². The van der Waals surface area contributed by atoms with Crippen LogP contribution in [0.5, 0.6) is 0 Å². The summed E-state index contributed by atoms with van der Waals surface area (Å²) >= 11 is 0. The summed E-state index contributed by atoms with van der Waals surface area (Å²) in [6.07, 6.45) is 2.40. The number of carbonyl (C=O) groups is 1. The lowest BCUT2D eigenvalue weighted by molar-refractivity contribution is 0.139. The lowest BCUT2D eigenvalue weighted by Crippen LogP contribution is -2.29. The Hall–Kier alpha value is -2.83. The summed E-state index contributed by atoms with van der Waals surface area (Å²) in [6, 6.07) is 10.7. The smallest absolute Gasteiger partial charge is 0.407 e. The van der Waals surface area contributed by atoms with Gasteiger partial charge in [-0.05, 0) is 18.4 Å². The lowest BCUT2D eigenvalue weighted by Gasteiger charge is -2.07. The molecule has 0 spiro atoms. The number of rotatable bonds is 7. The molecule has 7 nitrogen and oxygen atoms in total. The highest BCUT2D eigenvalue weighted by molar-refractivity contribution is 5.67. The molecule has 0 fully saturated rings. The number of amides is 1. The van der Waals surface area contributed by atoms with E-state index in [-0.39, 0.29) is 6.61 Å². The van der Waals surface area contributed by atoms with Crippen molar-refractivity contribution in [3.63, 3.8) is 0 Å². The van der Waals surface area contributed by atoms with Crippen molar-refractivity contribution in [2.75, 3.05) is 6.54 Å². The van der Waals surface area contributed by atoms with Crippen LogP contribution in [0.3, 0.4) is 0 Å². The van der Waals surface area contributed by atoms with Gasteiger partial charge in [0, 0.05) is 25.4 Å². The minimum absolute atomic E-state index is 0.236. The Balaban J connectivity index is 1.60. The number of alkyl carbamates (subject to hydrolysis) is 1. The first-order valence-corrected chi connectivity index (χ1v) is 7.39. The van der Waals surface area contributed by atoms with E-state index < -0.39 is 17.3 Å². The number of unbranched alkanes of at least 4 members (excludes halogenated alkanes) is 1. The highest BCUT2D eigenvalue weighted by Gasteiger charge is 2.02. The zero-order valence-corrected chi connectivity index (χ0v) is 12.7. The molecule has 0 bridgehead atoms. The topological polar surface area (TPSA) is 93.2 Å². The van der Waals surface area contributed by atoms with Gasteiger partial charge in [0.1, 0.15) is 6.61 Å². The average molecular weight is 317 g/mol. The van der Waals surface area contributed by atoms with E-state index in [4.69, 9.17) is 4.74 Å². The van der Waals surface area contributed by atoms with Crippen molar-refractivity contribution in [1.82, 2.24) is 14.9 Å². The quantitative estimate of drug-likeness (QED) is 0.751. The van der Waals surface area contributed by atoms with Crippen LogP contribution in [-0.4, -0.2) is 22.2 Å². The molecule has 0 aliphatic rings. The molecule has 0 aliphatic heterocycles. The second-order valence-electron chi connectivity index (χ2n) is 5.00. The number of benzene rings is 1. The summed E-state index contributed by atoms with van der Waals surface area (Å²) in [4.78, 5) is 36.1. The van der Waals surface area contributed by atoms with Crippen molar-refractivity contribution >= 4 is 6.09 Å². The van der Waals surface area contributed by atoms with E-state index >= 15 is 0 Å². The first kappa shape index (κ1) is 16.5. The van der Waals surface area contributed by atoms with Gasteiger partial charge in [0.05, 0.1) is 0 Å². The maximum Gasteiger partial charge on any atom is 0.407 e. The van der Waals surface area contributed by atoms with Crippen LogP contribution in [0.15, 0.2) is 52.2 Å². The molecule has 0 saturated heterocycles. The van der Waals surface area contributed by atoms with Gasteiger partial charge >= 0.3 is 11.8 Å². The van der Waals surface area contributed by atoms with Crippen LogP contribution < -0.4 is 16.6 Å². The van der Waals surface area contributed by atoms with Gasteiger partial charge in [-0.1, -0.05) is 30.3 Å². The number of aryl methyl sites for hydroxylation is 1. The summed E-state index contributed by atoms with van der Waals surface area (Å²) in [5, 5.41) is 2.66. The summed E-state index contributed by atoms with van der Waals surface area (Å²) in [7, 11) is 0. The Morgan fingerprint density at radius 1 is 1.13 bits per heavy atom. The normalized spacial score (nSPS) is 10.3. The number of hydrogen-bond acceptors (Lipinski definition) is 4. The molecule has 122 valence electrons. The molecule has 0 aliphatic carbocycles. The number of carbonyl (C=O) groups excluding carboxylic acids is 1. The molecular formula is C16H19N3O4. The molecule has 1 aromatic carbocycles. The second kappa shape index (κ2) is 8.57. The van der Waals surface area contributed by atoms with Gasteiger partial charge in [-0.15, -0.1) is 0 Å². The fourth-order valence-corrected chi connectivity index (χ4v) is 1.99. The van der Waals surface area contributed by atoms with Crippen molar-refractivity contribution in [1.29, 1.82) is 0 Å². The summed E-state index contributed by atoms with van der Waals surface area (Å²) in [5.74, 6) is 0. The third-order valence-corrected chi connectivity index (χ3v) is 3.20. The Labute approximate surface area is 132 Å². The number of aromatic nitrogens is 2. The monoisotopic (exact) mass is 317 g/mol. The van der Waals surface area contributed by atoms with Crippen LogP contribution in [0.25, 0.3) is 0 Å². The molecule has 1 aromatic heterocycles. The minimum atomic E-state index is -0.463. The predicted octanol–water partition coefficient (Wildman–Crippen LogP) is 1.24. The summed E-state index contributed by atoms with van der Waals surface area (Å²) < 4.78 is 6.51. The molecule has 23 heavy (non-hydrogen) atoms. The first-order valence-electron chi connectivity index (χ1n) is 7.39. The maximum atomic E-state index is 11.5. The zero-order valence-electron chi connectivity index (χ0n) is 12.7. The predicted molar refractivity (Wildman–Crippen MR) is 85.2 cm³/mol. The van der Waals surface area contributed by atoms with Gasteiger partial charge in [-0.3, -0.25) is 9.78 Å². The van der Waals surface area contributed by atoms with E-state index in [0.29, 0.717) is 25.9 Å². The van der Waals surface area contributed by atoms with Crippen molar-refractivity contribution in [3.05, 3.63) is 69.0 Å². The van der Waals surface area contributed by atoms with E-state index in [9.17, 15) is 14.4 Å². The second-order valence-corrected chi connectivity index (χ2v) is 5.00. The maximum absolute atomic E-state index is 11.5. The van der Waals surface area contributed by atoms with Crippen molar-refractivity contribution in [3.8, 4) is 0 Å². The Morgan fingerprint density at radius 2 is 1.91 bits per heavy atom. The molecule has 7 heteroatoms. The van der Waals surface area contributed by atoms with Gasteiger partial charge in [0.25, 0.3) is 5.56 Å². The highest BCUT2D eigenvalue weighted by Crippen LogP contribution is 2.00. The van der Waals surface area contributed by atoms with Crippen molar-refractivity contribution in [2.24, 2.45) is 0 Å². The largest absolute Gasteiger partial charge is 0.445 e. The molecular weight excluding hydrogens is 298 g/mol.